The van der Waals surface area contributed by atoms with Crippen molar-refractivity contribution in [3.8, 4) is 0 Å². The molecule has 1 aliphatic rings. The highest BCUT2D eigenvalue weighted by molar-refractivity contribution is 7.07. The zero-order valence-electron chi connectivity index (χ0n) is 9.23. The predicted octanol–water partition coefficient (Wildman–Crippen LogP) is 1.95. The van der Waals surface area contributed by atoms with Gasteiger partial charge in [-0.15, -0.1) is 11.3 Å². The lowest BCUT2D eigenvalue weighted by atomic mass is 9.95. The Labute approximate surface area is 94.5 Å². The third kappa shape index (κ3) is 2.38. The molecule has 1 aliphatic carbocycles. The highest BCUT2D eigenvalue weighted by Gasteiger charge is 2.41. The topological polar surface area (TPSA) is 45.1 Å². The van der Waals surface area contributed by atoms with E-state index in [1.54, 1.807) is 11.3 Å². The molecule has 1 fully saturated rings. The van der Waals surface area contributed by atoms with Crippen molar-refractivity contribution in [1.82, 2.24) is 10.3 Å². The van der Waals surface area contributed by atoms with Crippen LogP contribution in [0.5, 0.6) is 0 Å². The van der Waals surface area contributed by atoms with Gasteiger partial charge in [0.1, 0.15) is 0 Å². The molecule has 1 aromatic heterocycles. The van der Waals surface area contributed by atoms with Gasteiger partial charge in [-0.3, -0.25) is 0 Å². The second-order valence-corrected chi connectivity index (χ2v) is 5.35. The largest absolute Gasteiger partial charge is 0.394 e. The minimum Gasteiger partial charge on any atom is -0.394 e. The van der Waals surface area contributed by atoms with Gasteiger partial charge < -0.3 is 10.4 Å². The minimum absolute atomic E-state index is 0.136. The number of hydrogen-bond acceptors (Lipinski definition) is 4. The molecule has 0 bridgehead atoms. The van der Waals surface area contributed by atoms with Gasteiger partial charge in [0, 0.05) is 17.0 Å². The van der Waals surface area contributed by atoms with Gasteiger partial charge in [0.25, 0.3) is 0 Å². The normalized spacial score (nSPS) is 22.3. The SMILES string of the molecule is CC(NC(C)(CO)C1CC1)c1cscn1. The molecule has 2 N–H and O–H groups in total. The molecule has 0 aliphatic heterocycles. The highest BCUT2D eigenvalue weighted by Crippen LogP contribution is 2.40. The lowest BCUT2D eigenvalue weighted by Crippen LogP contribution is -2.48. The first-order chi connectivity index (χ1) is 7.15. The van der Waals surface area contributed by atoms with Gasteiger partial charge in [-0.1, -0.05) is 0 Å². The molecule has 15 heavy (non-hydrogen) atoms. The van der Waals surface area contributed by atoms with Crippen LogP contribution in [0.2, 0.25) is 0 Å². The van der Waals surface area contributed by atoms with Crippen molar-refractivity contribution in [3.63, 3.8) is 0 Å². The van der Waals surface area contributed by atoms with E-state index in [-0.39, 0.29) is 18.2 Å². The van der Waals surface area contributed by atoms with E-state index in [0.717, 1.165) is 5.69 Å². The van der Waals surface area contributed by atoms with Crippen LogP contribution in [-0.4, -0.2) is 22.2 Å². The van der Waals surface area contributed by atoms with Crippen LogP contribution >= 0.6 is 11.3 Å². The van der Waals surface area contributed by atoms with Gasteiger partial charge in [0.15, 0.2) is 0 Å². The molecular weight excluding hydrogens is 208 g/mol. The Morgan fingerprint density at radius 2 is 2.47 bits per heavy atom. The molecule has 84 valence electrons. The molecule has 0 saturated heterocycles. The van der Waals surface area contributed by atoms with Gasteiger partial charge in [-0.2, -0.15) is 0 Å². The molecule has 4 heteroatoms. The second-order valence-electron chi connectivity index (χ2n) is 4.63. The van der Waals surface area contributed by atoms with E-state index < -0.39 is 0 Å². The molecule has 0 amide bonds. The molecule has 1 heterocycles. The molecule has 0 spiro atoms. The maximum Gasteiger partial charge on any atom is 0.0795 e. The summed E-state index contributed by atoms with van der Waals surface area (Å²) in [6.07, 6.45) is 2.46. The van der Waals surface area contributed by atoms with Crippen LogP contribution in [-0.2, 0) is 0 Å². The van der Waals surface area contributed by atoms with Crippen LogP contribution in [0.1, 0.15) is 38.4 Å². The van der Waals surface area contributed by atoms with Crippen molar-refractivity contribution >= 4 is 11.3 Å². The van der Waals surface area contributed by atoms with Gasteiger partial charge >= 0.3 is 0 Å². The number of aromatic nitrogens is 1. The predicted molar refractivity (Wildman–Crippen MR) is 61.9 cm³/mol. The molecule has 2 rings (SSSR count). The molecule has 2 atom stereocenters. The van der Waals surface area contributed by atoms with Crippen LogP contribution < -0.4 is 5.32 Å². The molecular formula is C11H18N2OS. The van der Waals surface area contributed by atoms with E-state index in [0.29, 0.717) is 5.92 Å². The number of aliphatic hydroxyl groups excluding tert-OH is 1. The summed E-state index contributed by atoms with van der Waals surface area (Å²) in [4.78, 5) is 4.29. The maximum absolute atomic E-state index is 9.46. The number of aliphatic hydroxyl groups is 1. The summed E-state index contributed by atoms with van der Waals surface area (Å²) in [7, 11) is 0. The summed E-state index contributed by atoms with van der Waals surface area (Å²) in [6.45, 7) is 4.41. The summed E-state index contributed by atoms with van der Waals surface area (Å²) < 4.78 is 0. The van der Waals surface area contributed by atoms with Crippen molar-refractivity contribution in [1.29, 1.82) is 0 Å². The fourth-order valence-corrected chi connectivity index (χ4v) is 2.67. The second kappa shape index (κ2) is 4.20. The van der Waals surface area contributed by atoms with Gasteiger partial charge in [-0.25, -0.2) is 4.98 Å². The van der Waals surface area contributed by atoms with Gasteiger partial charge in [-0.05, 0) is 32.6 Å². The molecule has 1 aromatic rings. The molecule has 3 nitrogen and oxygen atoms in total. The van der Waals surface area contributed by atoms with E-state index in [4.69, 9.17) is 0 Å². The number of rotatable bonds is 5. The molecule has 0 radical (unpaired) electrons. The quantitative estimate of drug-likeness (QED) is 0.806. The summed E-state index contributed by atoms with van der Waals surface area (Å²) >= 11 is 1.61. The summed E-state index contributed by atoms with van der Waals surface area (Å²) in [5, 5.41) is 15.0. The Kier molecular flexibility index (Phi) is 3.09. The van der Waals surface area contributed by atoms with Crippen LogP contribution in [0.4, 0.5) is 0 Å². The Hall–Kier alpha value is -0.450. The first-order valence-electron chi connectivity index (χ1n) is 5.42. The smallest absolute Gasteiger partial charge is 0.0795 e. The monoisotopic (exact) mass is 226 g/mol. The van der Waals surface area contributed by atoms with Gasteiger partial charge in [0.2, 0.25) is 0 Å². The molecule has 0 aromatic carbocycles. The number of hydrogen-bond donors (Lipinski definition) is 2. The van der Waals surface area contributed by atoms with Crippen molar-refractivity contribution in [2.45, 2.75) is 38.3 Å². The Morgan fingerprint density at radius 3 is 2.93 bits per heavy atom. The van der Waals surface area contributed by atoms with E-state index >= 15 is 0 Å². The lowest BCUT2D eigenvalue weighted by molar-refractivity contribution is 0.143. The summed E-state index contributed by atoms with van der Waals surface area (Å²) in [5.74, 6) is 0.628. The zero-order valence-corrected chi connectivity index (χ0v) is 10.0. The fourth-order valence-electron chi connectivity index (χ4n) is 2.02. The van der Waals surface area contributed by atoms with Crippen molar-refractivity contribution in [2.75, 3.05) is 6.61 Å². The Morgan fingerprint density at radius 1 is 1.73 bits per heavy atom. The average Bonchev–Trinajstić information content (AvgIpc) is 2.94. The van der Waals surface area contributed by atoms with E-state index in [2.05, 4.69) is 29.5 Å². The summed E-state index contributed by atoms with van der Waals surface area (Å²) in [6, 6.07) is 0.217. The van der Waals surface area contributed by atoms with Crippen molar-refractivity contribution < 1.29 is 5.11 Å². The first-order valence-corrected chi connectivity index (χ1v) is 6.36. The number of nitrogens with one attached hydrogen (secondary N) is 1. The Bertz CT molecular complexity index is 310. The number of nitrogens with zero attached hydrogens (tertiary/aromatic N) is 1. The first kappa shape index (κ1) is 11.0. The highest BCUT2D eigenvalue weighted by atomic mass is 32.1. The van der Waals surface area contributed by atoms with Crippen LogP contribution in [0.3, 0.4) is 0 Å². The van der Waals surface area contributed by atoms with Crippen LogP contribution in [0.15, 0.2) is 10.9 Å². The lowest BCUT2D eigenvalue weighted by Gasteiger charge is -2.32. The van der Waals surface area contributed by atoms with Crippen molar-refractivity contribution in [2.24, 2.45) is 5.92 Å². The minimum atomic E-state index is -0.136. The van der Waals surface area contributed by atoms with Crippen molar-refractivity contribution in [3.05, 3.63) is 16.6 Å². The third-order valence-corrected chi connectivity index (χ3v) is 3.85. The maximum atomic E-state index is 9.46. The van der Waals surface area contributed by atoms with E-state index in [9.17, 15) is 5.11 Å². The van der Waals surface area contributed by atoms with Crippen LogP contribution in [0.25, 0.3) is 0 Å². The third-order valence-electron chi connectivity index (χ3n) is 3.25. The average molecular weight is 226 g/mol. The Balaban J connectivity index is 2.00. The zero-order chi connectivity index (χ0) is 10.9. The standard InChI is InChI=1S/C11H18N2OS/c1-8(10-5-15-7-12-10)13-11(2,6-14)9-3-4-9/h5,7-9,13-14H,3-4,6H2,1-2H3. The van der Waals surface area contributed by atoms with Crippen LogP contribution in [0, 0.1) is 5.92 Å². The molecule has 2 unspecified atom stereocenters. The summed E-state index contributed by atoms with van der Waals surface area (Å²) in [5.41, 5.74) is 2.78. The fraction of sp³-hybridized carbons (Fsp3) is 0.727. The van der Waals surface area contributed by atoms with E-state index in [1.807, 2.05) is 5.51 Å². The van der Waals surface area contributed by atoms with Gasteiger partial charge in [0.05, 0.1) is 17.8 Å². The van der Waals surface area contributed by atoms with E-state index in [1.165, 1.54) is 12.8 Å². The molecule has 1 saturated carbocycles. The number of thiazole rings is 1.